The van der Waals surface area contributed by atoms with Gasteiger partial charge in [-0.05, 0) is 37.1 Å². The molecule has 1 aromatic heterocycles. The van der Waals surface area contributed by atoms with Crippen LogP contribution in [0.4, 0.5) is 10.5 Å². The molecule has 1 fully saturated rings. The third-order valence-corrected chi connectivity index (χ3v) is 5.12. The van der Waals surface area contributed by atoms with Crippen molar-refractivity contribution < 1.29 is 4.79 Å². The SMILES string of the molecule is CCNC(=O)N1CCN(/C(=N\C#N)Nc2cccc3ncccc23)C(C(C)C)C1. The minimum atomic E-state index is -0.0512. The summed E-state index contributed by atoms with van der Waals surface area (Å²) in [6, 6.07) is 9.69. The van der Waals surface area contributed by atoms with Crippen LogP contribution in [-0.4, -0.2) is 59.0 Å². The van der Waals surface area contributed by atoms with Gasteiger partial charge in [-0.3, -0.25) is 4.98 Å². The number of aliphatic imine (C=N–C) groups is 1. The first-order valence-corrected chi connectivity index (χ1v) is 9.92. The van der Waals surface area contributed by atoms with Gasteiger partial charge in [-0.15, -0.1) is 4.99 Å². The Morgan fingerprint density at radius 2 is 2.17 bits per heavy atom. The number of benzene rings is 1. The second-order valence-electron chi connectivity index (χ2n) is 7.32. The molecule has 8 nitrogen and oxygen atoms in total. The number of hydrogen-bond acceptors (Lipinski definition) is 4. The van der Waals surface area contributed by atoms with Crippen molar-refractivity contribution in [2.45, 2.75) is 26.8 Å². The van der Waals surface area contributed by atoms with Gasteiger partial charge in [0.05, 0.1) is 17.2 Å². The van der Waals surface area contributed by atoms with Crippen LogP contribution in [0, 0.1) is 17.4 Å². The van der Waals surface area contributed by atoms with E-state index in [1.54, 1.807) is 6.20 Å². The molecule has 2 heterocycles. The third kappa shape index (κ3) is 4.57. The summed E-state index contributed by atoms with van der Waals surface area (Å²) < 4.78 is 0. The average molecular weight is 393 g/mol. The van der Waals surface area contributed by atoms with E-state index in [-0.39, 0.29) is 18.0 Å². The molecule has 0 bridgehead atoms. The predicted octanol–water partition coefficient (Wildman–Crippen LogP) is 2.86. The molecular weight excluding hydrogens is 366 g/mol. The molecule has 0 saturated carbocycles. The fourth-order valence-corrected chi connectivity index (χ4v) is 3.64. The molecule has 29 heavy (non-hydrogen) atoms. The monoisotopic (exact) mass is 393 g/mol. The third-order valence-electron chi connectivity index (χ3n) is 5.12. The Morgan fingerprint density at radius 1 is 1.34 bits per heavy atom. The quantitative estimate of drug-likeness (QED) is 0.475. The number of piperazine rings is 1. The van der Waals surface area contributed by atoms with E-state index in [4.69, 9.17) is 0 Å². The number of nitrogens with one attached hydrogen (secondary N) is 2. The predicted molar refractivity (Wildman–Crippen MR) is 114 cm³/mol. The molecule has 0 radical (unpaired) electrons. The van der Waals surface area contributed by atoms with Gasteiger partial charge in [0.2, 0.25) is 12.2 Å². The van der Waals surface area contributed by atoms with Gasteiger partial charge < -0.3 is 20.4 Å². The molecule has 0 spiro atoms. The Hall–Kier alpha value is -3.34. The molecule has 1 aromatic carbocycles. The second-order valence-corrected chi connectivity index (χ2v) is 7.32. The van der Waals surface area contributed by atoms with Gasteiger partial charge >= 0.3 is 6.03 Å². The summed E-state index contributed by atoms with van der Waals surface area (Å²) in [6.45, 7) is 8.48. The minimum absolute atomic E-state index is 0.0408. The molecule has 1 aliphatic rings. The number of urea groups is 1. The molecule has 1 aliphatic heterocycles. The number of nitrogens with zero attached hydrogens (tertiary/aromatic N) is 5. The lowest BCUT2D eigenvalue weighted by Gasteiger charge is -2.44. The van der Waals surface area contributed by atoms with Gasteiger partial charge in [-0.2, -0.15) is 5.26 Å². The van der Waals surface area contributed by atoms with Crippen molar-refractivity contribution in [2.24, 2.45) is 10.9 Å². The first-order chi connectivity index (χ1) is 14.0. The molecule has 1 unspecified atom stereocenters. The number of hydrogen-bond donors (Lipinski definition) is 2. The van der Waals surface area contributed by atoms with Gasteiger partial charge in [-0.1, -0.05) is 19.9 Å². The summed E-state index contributed by atoms with van der Waals surface area (Å²) in [6.07, 6.45) is 3.68. The van der Waals surface area contributed by atoms with Crippen molar-refractivity contribution in [3.05, 3.63) is 36.5 Å². The van der Waals surface area contributed by atoms with Gasteiger partial charge in [-0.25, -0.2) is 4.79 Å². The van der Waals surface area contributed by atoms with E-state index in [0.29, 0.717) is 32.1 Å². The van der Waals surface area contributed by atoms with E-state index >= 15 is 0 Å². The highest BCUT2D eigenvalue weighted by Crippen LogP contribution is 2.24. The fraction of sp³-hybridized carbons (Fsp3) is 0.429. The maximum absolute atomic E-state index is 12.3. The lowest BCUT2D eigenvalue weighted by Crippen LogP contribution is -2.60. The Labute approximate surface area is 171 Å². The zero-order valence-corrected chi connectivity index (χ0v) is 17.1. The van der Waals surface area contributed by atoms with Crippen molar-refractivity contribution in [2.75, 3.05) is 31.5 Å². The van der Waals surface area contributed by atoms with E-state index in [1.165, 1.54) is 0 Å². The maximum Gasteiger partial charge on any atom is 0.317 e. The standard InChI is InChI=1S/C21H27N7O/c1-4-23-21(29)27-11-12-28(19(13-27)15(2)3)20(25-14-22)26-18-9-5-8-17-16(18)7-6-10-24-17/h5-10,15,19H,4,11-13H2,1-3H3,(H,23,29)(H,25,26). The number of aromatic nitrogens is 1. The van der Waals surface area contributed by atoms with E-state index in [0.717, 1.165) is 16.6 Å². The molecule has 1 saturated heterocycles. The van der Waals surface area contributed by atoms with Crippen molar-refractivity contribution >= 4 is 28.6 Å². The number of nitriles is 1. The number of rotatable bonds is 3. The van der Waals surface area contributed by atoms with Crippen molar-refractivity contribution in [3.63, 3.8) is 0 Å². The van der Waals surface area contributed by atoms with E-state index in [1.807, 2.05) is 48.3 Å². The number of carbonyl (C=O) groups is 1. The molecular formula is C21H27N7O. The largest absolute Gasteiger partial charge is 0.338 e. The summed E-state index contributed by atoms with van der Waals surface area (Å²) >= 11 is 0. The van der Waals surface area contributed by atoms with Crippen LogP contribution in [0.15, 0.2) is 41.5 Å². The number of fused-ring (bicyclic) bond motifs is 1. The topological polar surface area (TPSA) is 96.7 Å². The first kappa shape index (κ1) is 20.4. The highest BCUT2D eigenvalue weighted by atomic mass is 16.2. The van der Waals surface area contributed by atoms with Crippen LogP contribution in [0.1, 0.15) is 20.8 Å². The summed E-state index contributed by atoms with van der Waals surface area (Å²) in [7, 11) is 0. The van der Waals surface area contributed by atoms with E-state index < -0.39 is 0 Å². The highest BCUT2D eigenvalue weighted by molar-refractivity contribution is 6.02. The fourth-order valence-electron chi connectivity index (χ4n) is 3.64. The van der Waals surface area contributed by atoms with Gasteiger partial charge in [0.25, 0.3) is 0 Å². The molecule has 2 N–H and O–H groups in total. The number of amides is 2. The van der Waals surface area contributed by atoms with Crippen LogP contribution in [0.25, 0.3) is 10.9 Å². The van der Waals surface area contributed by atoms with E-state index in [2.05, 4.69) is 39.4 Å². The summed E-state index contributed by atoms with van der Waals surface area (Å²) in [4.78, 5) is 24.7. The second kappa shape index (κ2) is 9.24. The number of anilines is 1. The Kier molecular flexibility index (Phi) is 6.50. The number of guanidine groups is 1. The lowest BCUT2D eigenvalue weighted by atomic mass is 10.00. The molecule has 1 atom stereocenters. The van der Waals surface area contributed by atoms with Crippen LogP contribution in [0.3, 0.4) is 0 Å². The molecule has 152 valence electrons. The van der Waals surface area contributed by atoms with Crippen LogP contribution in [0.5, 0.6) is 0 Å². The summed E-state index contributed by atoms with van der Waals surface area (Å²) in [5.41, 5.74) is 1.72. The van der Waals surface area contributed by atoms with Crippen molar-refractivity contribution in [3.8, 4) is 6.19 Å². The van der Waals surface area contributed by atoms with Crippen molar-refractivity contribution in [1.29, 1.82) is 5.26 Å². The Morgan fingerprint density at radius 3 is 2.90 bits per heavy atom. The van der Waals surface area contributed by atoms with Crippen LogP contribution >= 0.6 is 0 Å². The molecule has 0 aliphatic carbocycles. The molecule has 3 rings (SSSR count). The molecule has 2 amide bonds. The number of carbonyl (C=O) groups excluding carboxylic acids is 1. The van der Waals surface area contributed by atoms with Gasteiger partial charge in [0.1, 0.15) is 0 Å². The van der Waals surface area contributed by atoms with Crippen LogP contribution < -0.4 is 10.6 Å². The van der Waals surface area contributed by atoms with Crippen LogP contribution in [0.2, 0.25) is 0 Å². The van der Waals surface area contributed by atoms with Gasteiger partial charge in [0, 0.05) is 37.8 Å². The zero-order chi connectivity index (χ0) is 20.8. The average Bonchev–Trinajstić information content (AvgIpc) is 2.73. The maximum atomic E-state index is 12.3. The Bertz CT molecular complexity index is 929. The molecule has 2 aromatic rings. The van der Waals surface area contributed by atoms with Crippen LogP contribution in [-0.2, 0) is 0 Å². The van der Waals surface area contributed by atoms with Crippen molar-refractivity contribution in [1.82, 2.24) is 20.1 Å². The molecule has 8 heteroatoms. The smallest absolute Gasteiger partial charge is 0.317 e. The Balaban J connectivity index is 1.87. The lowest BCUT2D eigenvalue weighted by molar-refractivity contribution is 0.114. The number of pyridine rings is 1. The van der Waals surface area contributed by atoms with Gasteiger partial charge in [0.15, 0.2) is 0 Å². The normalized spacial score (nSPS) is 17.3. The highest BCUT2D eigenvalue weighted by Gasteiger charge is 2.33. The van der Waals surface area contributed by atoms with E-state index in [9.17, 15) is 10.1 Å². The first-order valence-electron chi connectivity index (χ1n) is 9.92. The summed E-state index contributed by atoms with van der Waals surface area (Å²) in [5, 5.41) is 16.5. The minimum Gasteiger partial charge on any atom is -0.338 e. The summed E-state index contributed by atoms with van der Waals surface area (Å²) in [5.74, 6) is 0.769. The zero-order valence-electron chi connectivity index (χ0n) is 17.1.